The van der Waals surface area contributed by atoms with Gasteiger partial charge in [-0.25, -0.2) is 4.98 Å². The number of rotatable bonds is 7. The van der Waals surface area contributed by atoms with Crippen LogP contribution in [0.4, 0.5) is 5.13 Å². The maximum absolute atomic E-state index is 13.5. The van der Waals surface area contributed by atoms with Crippen molar-refractivity contribution in [3.8, 4) is 5.75 Å². The molecule has 6 nitrogen and oxygen atoms in total. The molecular formula is C30H27ClN2O4S. The smallest absolute Gasteiger partial charge is 0.301 e. The molecule has 0 radical (unpaired) electrons. The Labute approximate surface area is 230 Å². The number of aromatic nitrogens is 1. The average molecular weight is 547 g/mol. The largest absolute Gasteiger partial charge is 0.507 e. The van der Waals surface area contributed by atoms with Crippen LogP contribution >= 0.6 is 22.9 Å². The fraction of sp³-hybridized carbons (Fsp3) is 0.233. The van der Waals surface area contributed by atoms with Crippen LogP contribution in [0.15, 0.2) is 72.3 Å². The fourth-order valence-electron chi connectivity index (χ4n) is 4.39. The Hall–Kier alpha value is -3.68. The zero-order chi connectivity index (χ0) is 27.0. The summed E-state index contributed by atoms with van der Waals surface area (Å²) in [6, 6.07) is 18.9. The summed E-state index contributed by atoms with van der Waals surface area (Å²) in [4.78, 5) is 33.0. The second kappa shape index (κ2) is 10.6. The van der Waals surface area contributed by atoms with Gasteiger partial charge in [0.1, 0.15) is 11.5 Å². The maximum Gasteiger partial charge on any atom is 0.301 e. The van der Waals surface area contributed by atoms with Crippen LogP contribution in [0.1, 0.15) is 43.0 Å². The Bertz CT molecular complexity index is 1560. The van der Waals surface area contributed by atoms with Crippen LogP contribution in [0.25, 0.3) is 16.0 Å². The number of aliphatic hydroxyl groups excluding tert-OH is 1. The van der Waals surface area contributed by atoms with Gasteiger partial charge in [-0.3, -0.25) is 14.5 Å². The van der Waals surface area contributed by atoms with Gasteiger partial charge in [-0.15, -0.1) is 0 Å². The molecule has 8 heteroatoms. The van der Waals surface area contributed by atoms with Crippen molar-refractivity contribution in [3.63, 3.8) is 0 Å². The van der Waals surface area contributed by atoms with Gasteiger partial charge in [0.2, 0.25) is 0 Å². The van der Waals surface area contributed by atoms with Crippen molar-refractivity contribution in [2.24, 2.45) is 5.92 Å². The molecule has 5 rings (SSSR count). The predicted octanol–water partition coefficient (Wildman–Crippen LogP) is 7.31. The quantitative estimate of drug-likeness (QED) is 0.149. The summed E-state index contributed by atoms with van der Waals surface area (Å²) in [6.45, 7) is 6.74. The van der Waals surface area contributed by atoms with Crippen LogP contribution in [0.5, 0.6) is 5.75 Å². The van der Waals surface area contributed by atoms with Crippen LogP contribution in [0.2, 0.25) is 5.02 Å². The first-order valence-electron chi connectivity index (χ1n) is 12.4. The molecule has 0 saturated carbocycles. The Morgan fingerprint density at radius 1 is 1.11 bits per heavy atom. The Morgan fingerprint density at radius 2 is 1.87 bits per heavy atom. The minimum absolute atomic E-state index is 0.00970. The summed E-state index contributed by atoms with van der Waals surface area (Å²) in [5, 5.41) is 12.3. The van der Waals surface area contributed by atoms with Crippen LogP contribution in [-0.2, 0) is 9.59 Å². The number of carbonyl (C=O) groups excluding carboxylic acids is 2. The molecule has 1 unspecified atom stereocenters. The molecule has 1 aromatic heterocycles. The Kier molecular flexibility index (Phi) is 7.23. The summed E-state index contributed by atoms with van der Waals surface area (Å²) >= 11 is 7.44. The number of carbonyl (C=O) groups is 2. The number of aryl methyl sites for hydroxylation is 1. The molecule has 1 N–H and O–H groups in total. The Balaban J connectivity index is 1.65. The van der Waals surface area contributed by atoms with E-state index in [0.29, 0.717) is 45.1 Å². The summed E-state index contributed by atoms with van der Waals surface area (Å²) in [7, 11) is 0. The molecule has 3 aromatic carbocycles. The third-order valence-electron chi connectivity index (χ3n) is 6.45. The lowest BCUT2D eigenvalue weighted by Gasteiger charge is -2.23. The highest BCUT2D eigenvalue weighted by atomic mass is 35.5. The zero-order valence-electron chi connectivity index (χ0n) is 21.3. The number of anilines is 1. The summed E-state index contributed by atoms with van der Waals surface area (Å²) < 4.78 is 6.76. The number of hydrogen-bond donors (Lipinski definition) is 1. The predicted molar refractivity (Wildman–Crippen MR) is 152 cm³/mol. The Morgan fingerprint density at radius 3 is 2.61 bits per heavy atom. The SMILES string of the molecule is Cc1ccc(C(O)=C2C(=O)C(=O)N(c3nc4ccc(Cl)cc4s3)C2c2cccc(OCCC(C)C)c2)cc1. The van der Waals surface area contributed by atoms with E-state index in [1.54, 1.807) is 30.3 Å². The second-order valence-corrected chi connectivity index (χ2v) is 11.2. The number of hydrogen-bond acceptors (Lipinski definition) is 6. The van der Waals surface area contributed by atoms with Crippen molar-refractivity contribution in [1.29, 1.82) is 0 Å². The number of Topliss-reactive ketones (excluding diaryl/α,β-unsaturated/α-hetero) is 1. The standard InChI is InChI=1S/C30H27ClN2O4S/c1-17(2)13-14-37-22-6-4-5-20(15-22)26-25(27(34)19-9-7-18(3)8-10-19)28(35)29(36)33(26)30-32-23-12-11-21(31)16-24(23)38-30/h4-12,15-17,26,34H,13-14H2,1-3H3. The molecule has 1 amide bonds. The van der Waals surface area contributed by atoms with Crippen LogP contribution in [0, 0.1) is 12.8 Å². The first-order valence-corrected chi connectivity index (χ1v) is 13.6. The van der Waals surface area contributed by atoms with Gasteiger partial charge < -0.3 is 9.84 Å². The number of benzene rings is 3. The van der Waals surface area contributed by atoms with Gasteiger partial charge in [0.15, 0.2) is 5.13 Å². The van der Waals surface area contributed by atoms with Gasteiger partial charge in [0.05, 0.1) is 28.4 Å². The van der Waals surface area contributed by atoms with Crippen LogP contribution < -0.4 is 9.64 Å². The van der Waals surface area contributed by atoms with Crippen molar-refractivity contribution in [1.82, 2.24) is 4.98 Å². The lowest BCUT2D eigenvalue weighted by molar-refractivity contribution is -0.132. The lowest BCUT2D eigenvalue weighted by atomic mass is 9.95. The molecule has 194 valence electrons. The molecule has 2 heterocycles. The van der Waals surface area contributed by atoms with Crippen molar-refractivity contribution in [2.75, 3.05) is 11.5 Å². The topological polar surface area (TPSA) is 79.7 Å². The van der Waals surface area contributed by atoms with Gasteiger partial charge >= 0.3 is 5.91 Å². The summed E-state index contributed by atoms with van der Waals surface area (Å²) in [5.74, 6) is -0.630. The molecule has 1 aliphatic heterocycles. The molecular weight excluding hydrogens is 520 g/mol. The van der Waals surface area contributed by atoms with E-state index in [0.717, 1.165) is 16.7 Å². The number of fused-ring (bicyclic) bond motifs is 1. The van der Waals surface area contributed by atoms with Gasteiger partial charge in [-0.05, 0) is 55.2 Å². The van der Waals surface area contributed by atoms with E-state index in [1.807, 2.05) is 43.3 Å². The fourth-order valence-corrected chi connectivity index (χ4v) is 5.66. The van der Waals surface area contributed by atoms with E-state index in [1.165, 1.54) is 16.2 Å². The van der Waals surface area contributed by atoms with Gasteiger partial charge in [0, 0.05) is 10.6 Å². The molecule has 1 saturated heterocycles. The molecule has 38 heavy (non-hydrogen) atoms. The number of thiazole rings is 1. The third kappa shape index (κ3) is 5.04. The highest BCUT2D eigenvalue weighted by molar-refractivity contribution is 7.22. The zero-order valence-corrected chi connectivity index (χ0v) is 22.8. The number of nitrogens with zero attached hydrogens (tertiary/aromatic N) is 2. The van der Waals surface area contributed by atoms with E-state index in [9.17, 15) is 14.7 Å². The number of halogens is 1. The van der Waals surface area contributed by atoms with E-state index < -0.39 is 17.7 Å². The van der Waals surface area contributed by atoms with Gasteiger partial charge in [-0.1, -0.05) is 78.7 Å². The van der Waals surface area contributed by atoms with Gasteiger partial charge in [0.25, 0.3) is 5.78 Å². The molecule has 4 aromatic rings. The van der Waals surface area contributed by atoms with Crippen molar-refractivity contribution < 1.29 is 19.4 Å². The van der Waals surface area contributed by atoms with Crippen molar-refractivity contribution in [3.05, 3.63) is 94.0 Å². The van der Waals surface area contributed by atoms with E-state index >= 15 is 0 Å². The monoisotopic (exact) mass is 546 g/mol. The molecule has 1 atom stereocenters. The van der Waals surface area contributed by atoms with Gasteiger partial charge in [-0.2, -0.15) is 0 Å². The van der Waals surface area contributed by atoms with Crippen molar-refractivity contribution >= 4 is 55.7 Å². The highest BCUT2D eigenvalue weighted by Crippen LogP contribution is 2.45. The molecule has 1 aliphatic rings. The number of aliphatic hydroxyl groups is 1. The highest BCUT2D eigenvalue weighted by Gasteiger charge is 2.48. The average Bonchev–Trinajstić information content (AvgIpc) is 3.41. The van der Waals surface area contributed by atoms with E-state index in [-0.39, 0.29) is 11.3 Å². The molecule has 0 aliphatic carbocycles. The lowest BCUT2D eigenvalue weighted by Crippen LogP contribution is -2.29. The normalized spacial score (nSPS) is 17.1. The number of ketones is 1. The summed E-state index contributed by atoms with van der Waals surface area (Å²) in [5.41, 5.74) is 2.78. The van der Waals surface area contributed by atoms with E-state index in [4.69, 9.17) is 16.3 Å². The molecule has 0 spiro atoms. The third-order valence-corrected chi connectivity index (χ3v) is 7.71. The first-order chi connectivity index (χ1) is 18.2. The van der Waals surface area contributed by atoms with E-state index in [2.05, 4.69) is 18.8 Å². The molecule has 0 bridgehead atoms. The minimum Gasteiger partial charge on any atom is -0.507 e. The second-order valence-electron chi connectivity index (χ2n) is 9.75. The summed E-state index contributed by atoms with van der Waals surface area (Å²) in [6.07, 6.45) is 0.893. The van der Waals surface area contributed by atoms with Crippen molar-refractivity contribution in [2.45, 2.75) is 33.2 Å². The molecule has 1 fully saturated rings. The number of amides is 1. The number of ether oxygens (including phenoxy) is 1. The van der Waals surface area contributed by atoms with Crippen LogP contribution in [0.3, 0.4) is 0 Å². The van der Waals surface area contributed by atoms with Crippen LogP contribution in [-0.4, -0.2) is 28.4 Å². The maximum atomic E-state index is 13.5. The minimum atomic E-state index is -0.888. The first kappa shape index (κ1) is 25.9.